The molecule has 2 N–H and O–H groups in total. The Bertz CT molecular complexity index is 646. The molecule has 2 aromatic rings. The summed E-state index contributed by atoms with van der Waals surface area (Å²) in [4.78, 5) is 0. The summed E-state index contributed by atoms with van der Waals surface area (Å²) < 4.78 is 1.00. The van der Waals surface area contributed by atoms with E-state index in [1.54, 1.807) is 18.3 Å². The molecule has 0 atom stereocenters. The predicted molar refractivity (Wildman–Crippen MR) is 92.5 cm³/mol. The van der Waals surface area contributed by atoms with Gasteiger partial charge < -0.3 is 5.32 Å². The van der Waals surface area contributed by atoms with E-state index in [4.69, 9.17) is 23.8 Å². The topological polar surface area (TPSA) is 36.4 Å². The first kappa shape index (κ1) is 15.0. The van der Waals surface area contributed by atoms with Crippen LogP contribution in [0.4, 0.5) is 5.69 Å². The van der Waals surface area contributed by atoms with Crippen LogP contribution < -0.4 is 10.7 Å². The maximum absolute atomic E-state index is 5.89. The van der Waals surface area contributed by atoms with Gasteiger partial charge in [0, 0.05) is 15.2 Å². The highest BCUT2D eigenvalue weighted by atomic mass is 79.9. The average molecular weight is 369 g/mol. The third-order valence-corrected chi connectivity index (χ3v) is 3.23. The van der Waals surface area contributed by atoms with Gasteiger partial charge in [-0.15, -0.1) is 0 Å². The molecule has 0 saturated heterocycles. The molecule has 0 aliphatic heterocycles. The van der Waals surface area contributed by atoms with Crippen LogP contribution in [0.5, 0.6) is 0 Å². The molecule has 0 aliphatic rings. The quantitative estimate of drug-likeness (QED) is 0.478. The second-order valence-electron chi connectivity index (χ2n) is 3.89. The zero-order valence-corrected chi connectivity index (χ0v) is 13.5. The third kappa shape index (κ3) is 4.92. The summed E-state index contributed by atoms with van der Waals surface area (Å²) in [6.45, 7) is 0. The Morgan fingerprint density at radius 1 is 1.20 bits per heavy atom. The van der Waals surface area contributed by atoms with Gasteiger partial charge >= 0.3 is 0 Å². The first-order chi connectivity index (χ1) is 9.63. The molecule has 20 heavy (non-hydrogen) atoms. The van der Waals surface area contributed by atoms with Gasteiger partial charge in [-0.1, -0.05) is 45.7 Å². The van der Waals surface area contributed by atoms with E-state index in [1.165, 1.54) is 0 Å². The van der Waals surface area contributed by atoms with Gasteiger partial charge in [-0.2, -0.15) is 5.10 Å². The first-order valence-electron chi connectivity index (χ1n) is 5.75. The zero-order valence-electron chi connectivity index (χ0n) is 10.3. The second kappa shape index (κ2) is 7.38. The Morgan fingerprint density at radius 2 is 2.00 bits per heavy atom. The van der Waals surface area contributed by atoms with Crippen LogP contribution in [0.1, 0.15) is 5.56 Å². The van der Waals surface area contributed by atoms with Crippen molar-refractivity contribution in [2.75, 3.05) is 5.32 Å². The number of anilines is 1. The Hall–Kier alpha value is -1.43. The van der Waals surface area contributed by atoms with E-state index in [0.29, 0.717) is 10.1 Å². The highest BCUT2D eigenvalue weighted by molar-refractivity contribution is 9.10. The van der Waals surface area contributed by atoms with Crippen molar-refractivity contribution in [1.29, 1.82) is 0 Å². The number of halogens is 2. The number of hydrogen-bond donors (Lipinski definition) is 2. The molecule has 2 rings (SSSR count). The van der Waals surface area contributed by atoms with Gasteiger partial charge in [-0.3, -0.25) is 5.43 Å². The molecule has 0 saturated carbocycles. The van der Waals surface area contributed by atoms with E-state index in [2.05, 4.69) is 31.8 Å². The number of hydrogen-bond acceptors (Lipinski definition) is 2. The number of thiocarbonyl (C=S) groups is 1. The number of benzene rings is 2. The van der Waals surface area contributed by atoms with Gasteiger partial charge in [0.1, 0.15) is 0 Å². The maximum Gasteiger partial charge on any atom is 0.191 e. The largest absolute Gasteiger partial charge is 0.331 e. The molecule has 0 heterocycles. The highest BCUT2D eigenvalue weighted by Gasteiger charge is 1.96. The van der Waals surface area contributed by atoms with Crippen LogP contribution in [-0.4, -0.2) is 11.3 Å². The third-order valence-electron chi connectivity index (χ3n) is 2.31. The monoisotopic (exact) mass is 367 g/mol. The van der Waals surface area contributed by atoms with E-state index in [-0.39, 0.29) is 0 Å². The molecule has 0 radical (unpaired) electrons. The van der Waals surface area contributed by atoms with E-state index in [1.807, 2.05) is 36.4 Å². The van der Waals surface area contributed by atoms with Crippen LogP contribution in [-0.2, 0) is 0 Å². The van der Waals surface area contributed by atoms with E-state index >= 15 is 0 Å². The Balaban J connectivity index is 1.89. The van der Waals surface area contributed by atoms with Crippen molar-refractivity contribution in [2.24, 2.45) is 5.10 Å². The van der Waals surface area contributed by atoms with Crippen LogP contribution in [0.2, 0.25) is 5.02 Å². The molecule has 0 fully saturated rings. The average Bonchev–Trinajstić information content (AvgIpc) is 2.38. The lowest BCUT2D eigenvalue weighted by Crippen LogP contribution is -2.23. The summed E-state index contributed by atoms with van der Waals surface area (Å²) in [6, 6.07) is 15.1. The number of nitrogens with one attached hydrogen (secondary N) is 2. The number of nitrogens with zero attached hydrogens (tertiary/aromatic N) is 1. The van der Waals surface area contributed by atoms with Gasteiger partial charge in [0.25, 0.3) is 0 Å². The smallest absolute Gasteiger partial charge is 0.191 e. The molecule has 3 nitrogen and oxygen atoms in total. The minimum Gasteiger partial charge on any atom is -0.331 e. The summed E-state index contributed by atoms with van der Waals surface area (Å²) in [5.74, 6) is 0. The molecule has 2 aromatic carbocycles. The van der Waals surface area contributed by atoms with Gasteiger partial charge in [0.2, 0.25) is 0 Å². The van der Waals surface area contributed by atoms with Crippen LogP contribution >= 0.6 is 39.7 Å². The lowest BCUT2D eigenvalue weighted by molar-refractivity contribution is 1.05. The Labute approximate surface area is 136 Å². The fourth-order valence-electron chi connectivity index (χ4n) is 1.48. The van der Waals surface area contributed by atoms with Gasteiger partial charge in [0.05, 0.1) is 6.21 Å². The fraction of sp³-hybridized carbons (Fsp3) is 0. The molecule has 0 amide bonds. The molecule has 0 unspecified atom stereocenters. The molecule has 0 aliphatic carbocycles. The van der Waals surface area contributed by atoms with Gasteiger partial charge in [-0.05, 0) is 48.1 Å². The van der Waals surface area contributed by atoms with Crippen molar-refractivity contribution in [1.82, 2.24) is 5.43 Å². The van der Waals surface area contributed by atoms with Crippen molar-refractivity contribution >= 4 is 56.8 Å². The van der Waals surface area contributed by atoms with Crippen molar-refractivity contribution in [2.45, 2.75) is 0 Å². The standard InChI is InChI=1S/C14H11BrClN3S/c15-11-4-1-3-10(7-11)9-17-19-14(20)18-13-6-2-5-12(16)8-13/h1-9H,(H2,18,19,20)/b17-9-. The van der Waals surface area contributed by atoms with Crippen molar-refractivity contribution in [3.05, 3.63) is 63.6 Å². The van der Waals surface area contributed by atoms with Crippen molar-refractivity contribution < 1.29 is 0 Å². The van der Waals surface area contributed by atoms with E-state index in [9.17, 15) is 0 Å². The first-order valence-corrected chi connectivity index (χ1v) is 7.32. The minimum atomic E-state index is 0.401. The molecular weight excluding hydrogens is 358 g/mol. The normalized spacial score (nSPS) is 10.5. The number of rotatable bonds is 3. The van der Waals surface area contributed by atoms with Crippen LogP contribution in [0.3, 0.4) is 0 Å². The van der Waals surface area contributed by atoms with E-state index < -0.39 is 0 Å². The van der Waals surface area contributed by atoms with Crippen LogP contribution in [0, 0.1) is 0 Å². The molecular formula is C14H11BrClN3S. The molecule has 0 bridgehead atoms. The Morgan fingerprint density at radius 3 is 2.75 bits per heavy atom. The maximum atomic E-state index is 5.89. The second-order valence-corrected chi connectivity index (χ2v) is 5.65. The molecule has 0 spiro atoms. The lowest BCUT2D eigenvalue weighted by atomic mass is 10.2. The SMILES string of the molecule is S=C(N/N=C\c1cccc(Br)c1)Nc1cccc(Cl)c1. The van der Waals surface area contributed by atoms with Crippen LogP contribution in [0.25, 0.3) is 0 Å². The predicted octanol–water partition coefficient (Wildman–Crippen LogP) is 4.42. The van der Waals surface area contributed by atoms with Crippen LogP contribution in [0.15, 0.2) is 58.1 Å². The van der Waals surface area contributed by atoms with Gasteiger partial charge in [0.15, 0.2) is 5.11 Å². The summed E-state index contributed by atoms with van der Waals surface area (Å²) in [5.41, 5.74) is 4.53. The summed E-state index contributed by atoms with van der Waals surface area (Å²) in [5, 5.41) is 8.11. The fourth-order valence-corrected chi connectivity index (χ4v) is 2.26. The highest BCUT2D eigenvalue weighted by Crippen LogP contribution is 2.14. The molecule has 102 valence electrons. The summed E-state index contributed by atoms with van der Waals surface area (Å²) >= 11 is 14.4. The van der Waals surface area contributed by atoms with E-state index in [0.717, 1.165) is 15.7 Å². The number of hydrazone groups is 1. The van der Waals surface area contributed by atoms with Gasteiger partial charge in [-0.25, -0.2) is 0 Å². The lowest BCUT2D eigenvalue weighted by Gasteiger charge is -2.06. The summed E-state index contributed by atoms with van der Waals surface area (Å²) in [7, 11) is 0. The minimum absolute atomic E-state index is 0.401. The van der Waals surface area contributed by atoms with Crippen molar-refractivity contribution in [3.63, 3.8) is 0 Å². The Kier molecular flexibility index (Phi) is 5.52. The van der Waals surface area contributed by atoms with Crippen molar-refractivity contribution in [3.8, 4) is 0 Å². The molecule has 6 heteroatoms. The summed E-state index contributed by atoms with van der Waals surface area (Å²) in [6.07, 6.45) is 1.69. The molecule has 0 aromatic heterocycles. The zero-order chi connectivity index (χ0) is 14.4.